The first-order chi connectivity index (χ1) is 0. The largest absolute Gasteiger partial charge is 3.00 e. The molecule has 0 N–H and O–H groups in total. The van der Waals surface area contributed by atoms with Gasteiger partial charge < -0.3 is 91.7 Å². The van der Waals surface area contributed by atoms with Gasteiger partial charge in [0.05, 0.1) is 0 Å². The Bertz CT molecular complexity index is 15.7. The van der Waals surface area contributed by atoms with Gasteiger partial charge in [0, 0.05) is 0 Å². The van der Waals surface area contributed by atoms with Gasteiger partial charge in [-0.25, -0.2) is 0 Å². The summed E-state index contributed by atoms with van der Waals surface area (Å²) in [5.41, 5.74) is 0. The Kier molecular flexibility index (Phi) is 798. The van der Waals surface area contributed by atoms with Gasteiger partial charge in [0.25, 0.3) is 0 Å². The van der Waals surface area contributed by atoms with Crippen LogP contribution in [0, 0.1) is 0 Å². The van der Waals surface area contributed by atoms with Gasteiger partial charge in [-0.15, -0.1) is 0 Å². The van der Waals surface area contributed by atoms with Crippen LogP contribution >= 0.6 is 0 Å². The molecular formula is In4S3Se3. The summed E-state index contributed by atoms with van der Waals surface area (Å²) in [5, 5.41) is 0. The van der Waals surface area contributed by atoms with E-state index in [1.165, 1.54) is 0 Å². The quantitative estimate of drug-likeness (QED) is 0.235. The maximum Gasteiger partial charge on any atom is 3.00 e. The van der Waals surface area contributed by atoms with Crippen molar-refractivity contribution in [3.63, 3.8) is 0 Å². The molecule has 0 aliphatic carbocycles. The molecule has 0 aliphatic heterocycles. The van der Waals surface area contributed by atoms with Crippen LogP contribution in [0.5, 0.6) is 0 Å². The van der Waals surface area contributed by atoms with Gasteiger partial charge in [-0.1, -0.05) is 0 Å². The van der Waals surface area contributed by atoms with Crippen LogP contribution in [0.3, 0.4) is 0 Å². The summed E-state index contributed by atoms with van der Waals surface area (Å²) in [5.74, 6) is 0. The fraction of sp³-hybridized carbons (Fsp3) is 0. The average molecular weight is 792 g/mol. The second kappa shape index (κ2) is 80.8. The molecule has 0 saturated heterocycles. The normalized spacial score (nSPS) is 0. The van der Waals surface area contributed by atoms with Gasteiger partial charge in [-0.3, -0.25) is 0 Å². The molecule has 0 aromatic carbocycles. The second-order valence-corrected chi connectivity index (χ2v) is 0. The van der Waals surface area contributed by atoms with Crippen molar-refractivity contribution in [3.05, 3.63) is 0 Å². The zero-order valence-corrected chi connectivity index (χ0v) is 25.5. The Hall–Kier alpha value is 6.09. The van der Waals surface area contributed by atoms with Crippen molar-refractivity contribution in [1.29, 1.82) is 0 Å². The Labute approximate surface area is 190 Å². The van der Waals surface area contributed by atoms with Crippen molar-refractivity contribution in [1.82, 2.24) is 0 Å². The molecule has 0 saturated carbocycles. The predicted octanol–water partition coefficient (Wildman–Crippen LogP) is -2.67. The maximum atomic E-state index is 0. The minimum Gasteiger partial charge on any atom is -2.00 e. The van der Waals surface area contributed by atoms with Gasteiger partial charge >= 0.3 is 103 Å². The molecule has 0 spiro atoms. The molecule has 0 aromatic rings. The van der Waals surface area contributed by atoms with Gasteiger partial charge in [0.15, 0.2) is 0 Å². The fourth-order valence-corrected chi connectivity index (χ4v) is 0. The molecule has 0 rings (SSSR count). The van der Waals surface area contributed by atoms with Crippen LogP contribution in [0.4, 0.5) is 0 Å². The van der Waals surface area contributed by atoms with Crippen molar-refractivity contribution in [3.8, 4) is 0 Å². The third-order valence-corrected chi connectivity index (χ3v) is 0. The van der Waals surface area contributed by atoms with Gasteiger partial charge in [-0.2, -0.15) is 0 Å². The van der Waals surface area contributed by atoms with E-state index in [1.54, 1.807) is 0 Å². The molecule has 0 aromatic heterocycles. The van der Waals surface area contributed by atoms with Crippen molar-refractivity contribution in [2.75, 3.05) is 0 Å². The van der Waals surface area contributed by atoms with Crippen molar-refractivity contribution < 1.29 is 0 Å². The molecule has 0 amide bonds. The first-order valence-corrected chi connectivity index (χ1v) is 0. The van der Waals surface area contributed by atoms with E-state index in [1.807, 2.05) is 0 Å². The van der Waals surface area contributed by atoms with E-state index in [4.69, 9.17) is 0 Å². The SMILES string of the molecule is [In+3].[In+3].[In+3].[In+3].[S-2].[S-2].[S-2].[Se-2].[Se-2].[Se-2]. The van der Waals surface area contributed by atoms with Crippen LogP contribution in [0.1, 0.15) is 0 Å². The first-order valence-electron chi connectivity index (χ1n) is 0. The second-order valence-electron chi connectivity index (χ2n) is 0. The van der Waals surface area contributed by atoms with Crippen molar-refractivity contribution >= 4 is 195 Å². The number of rotatable bonds is 0. The van der Waals surface area contributed by atoms with E-state index >= 15 is 0 Å². The van der Waals surface area contributed by atoms with Crippen LogP contribution in [-0.4, -0.2) is 155 Å². The molecule has 10 heteroatoms. The maximum absolute atomic E-state index is 0. The standard InChI is InChI=1S/4In.3S.3Se/q4*+3;6*-2. The average Bonchev–Trinajstić information content (AvgIpc) is 0. The number of hydrogen-bond donors (Lipinski definition) is 0. The molecule has 0 unspecified atom stereocenters. The predicted molar refractivity (Wildman–Crippen MR) is 62.4 cm³/mol. The minimum absolute atomic E-state index is 0. The smallest absolute Gasteiger partial charge is 2.00 e. The van der Waals surface area contributed by atoms with E-state index in [9.17, 15) is 0 Å². The topological polar surface area (TPSA) is 0 Å². The van der Waals surface area contributed by atoms with Crippen LogP contribution in [-0.2, 0) is 40.5 Å². The first kappa shape index (κ1) is 98.8. The van der Waals surface area contributed by atoms with Gasteiger partial charge in [0.1, 0.15) is 0 Å². The molecule has 10 heavy (non-hydrogen) atoms. The van der Waals surface area contributed by atoms with Crippen molar-refractivity contribution in [2.45, 2.75) is 0 Å². The van der Waals surface area contributed by atoms with E-state index in [2.05, 4.69) is 0 Å². The van der Waals surface area contributed by atoms with E-state index in [0.29, 0.717) is 0 Å². The third-order valence-electron chi connectivity index (χ3n) is 0. The summed E-state index contributed by atoms with van der Waals surface area (Å²) in [6.07, 6.45) is 0. The summed E-state index contributed by atoms with van der Waals surface area (Å²) in [4.78, 5) is 0. The summed E-state index contributed by atoms with van der Waals surface area (Å²) >= 11 is 0. The van der Waals surface area contributed by atoms with Gasteiger partial charge in [0.2, 0.25) is 0 Å². The summed E-state index contributed by atoms with van der Waals surface area (Å²) in [7, 11) is 0. The summed E-state index contributed by atoms with van der Waals surface area (Å²) in [6.45, 7) is 0. The van der Waals surface area contributed by atoms with Crippen LogP contribution < -0.4 is 0 Å². The zero-order chi connectivity index (χ0) is 0. The zero-order valence-electron chi connectivity index (χ0n) is 4.76. The van der Waals surface area contributed by atoms with Crippen molar-refractivity contribution in [2.24, 2.45) is 0 Å². The number of hydrogen-bond acceptors (Lipinski definition) is 0. The molecule has 0 nitrogen and oxygen atoms in total. The Morgan fingerprint density at radius 1 is 0.300 bits per heavy atom. The summed E-state index contributed by atoms with van der Waals surface area (Å²) < 4.78 is 0. The Morgan fingerprint density at radius 2 is 0.300 bits per heavy atom. The Balaban J connectivity index is 0. The molecule has 48 valence electrons. The monoisotopic (exact) mass is 795 g/mol. The molecule has 0 heterocycles. The third kappa shape index (κ3) is 65.1. The van der Waals surface area contributed by atoms with E-state index in [0.717, 1.165) is 0 Å². The minimum atomic E-state index is 0. The van der Waals surface area contributed by atoms with E-state index < -0.39 is 0 Å². The van der Waals surface area contributed by atoms with E-state index in [-0.39, 0.29) is 195 Å². The molecule has 0 radical (unpaired) electrons. The molecule has 0 fully saturated rings. The molecule has 0 atom stereocenters. The molecular weight excluding hydrogens is 792 g/mol. The van der Waals surface area contributed by atoms with Gasteiger partial charge in [-0.05, 0) is 0 Å². The van der Waals surface area contributed by atoms with Crippen LogP contribution in [0.25, 0.3) is 0 Å². The molecule has 0 aliphatic rings. The molecule has 0 bridgehead atoms. The van der Waals surface area contributed by atoms with Crippen LogP contribution in [0.15, 0.2) is 0 Å². The Morgan fingerprint density at radius 3 is 0.300 bits per heavy atom. The van der Waals surface area contributed by atoms with Crippen LogP contribution in [0.2, 0.25) is 0 Å². The summed E-state index contributed by atoms with van der Waals surface area (Å²) in [6, 6.07) is 0. The fourth-order valence-electron chi connectivity index (χ4n) is 0.